The Bertz CT molecular complexity index is 720. The summed E-state index contributed by atoms with van der Waals surface area (Å²) in [5.74, 6) is -0.193. The van der Waals surface area contributed by atoms with Gasteiger partial charge in [0.1, 0.15) is 13.2 Å². The van der Waals surface area contributed by atoms with Gasteiger partial charge < -0.3 is 25.0 Å². The number of rotatable bonds is 8. The number of carbonyl (C=O) groups is 3. The third kappa shape index (κ3) is 6.45. The van der Waals surface area contributed by atoms with E-state index in [4.69, 9.17) is 9.47 Å². The van der Waals surface area contributed by atoms with Crippen molar-refractivity contribution in [3.05, 3.63) is 35.9 Å². The zero-order chi connectivity index (χ0) is 20.7. The molecular weight excluding hydrogens is 374 g/mol. The summed E-state index contributed by atoms with van der Waals surface area (Å²) in [6.07, 6.45) is 1.43. The van der Waals surface area contributed by atoms with Gasteiger partial charge in [0.15, 0.2) is 0 Å². The number of hydrogen-bond acceptors (Lipinski definition) is 6. The molecule has 158 valence electrons. The van der Waals surface area contributed by atoms with E-state index >= 15 is 0 Å². The van der Waals surface area contributed by atoms with Gasteiger partial charge in [-0.15, -0.1) is 0 Å². The van der Waals surface area contributed by atoms with Crippen molar-refractivity contribution in [3.8, 4) is 0 Å². The van der Waals surface area contributed by atoms with Crippen LogP contribution >= 0.6 is 0 Å². The predicted octanol–water partition coefficient (Wildman–Crippen LogP) is 1.45. The standard InChI is InChI=1S/C21H29N3O5/c1-21(8-9-21)19(26)28-15-17-13-24(12-11-22-17)18(25)7-10-23-20(27)29-14-16-5-3-2-4-6-16/h2-6,17,22H,7-15H2,1H3,(H,23,27). The van der Waals surface area contributed by atoms with Crippen LogP contribution in [0.2, 0.25) is 0 Å². The first kappa shape index (κ1) is 21.1. The number of carbonyl (C=O) groups excluding carboxylic acids is 3. The zero-order valence-electron chi connectivity index (χ0n) is 16.8. The SMILES string of the molecule is CC1(C(=O)OCC2CN(C(=O)CCNC(=O)OCc3ccccc3)CCN2)CC1. The molecule has 0 aromatic heterocycles. The number of nitrogens with zero attached hydrogens (tertiary/aromatic N) is 1. The molecular formula is C21H29N3O5. The van der Waals surface area contributed by atoms with Gasteiger partial charge in [-0.25, -0.2) is 4.79 Å². The van der Waals surface area contributed by atoms with Crippen molar-refractivity contribution in [2.45, 2.75) is 38.8 Å². The summed E-state index contributed by atoms with van der Waals surface area (Å²) < 4.78 is 10.5. The highest BCUT2D eigenvalue weighted by atomic mass is 16.5. The molecule has 2 aliphatic rings. The summed E-state index contributed by atoms with van der Waals surface area (Å²) in [4.78, 5) is 37.8. The molecule has 1 aromatic rings. The maximum absolute atomic E-state index is 12.4. The summed E-state index contributed by atoms with van der Waals surface area (Å²) in [6.45, 7) is 4.32. The Morgan fingerprint density at radius 2 is 1.97 bits per heavy atom. The van der Waals surface area contributed by atoms with E-state index in [-0.39, 0.29) is 49.5 Å². The van der Waals surface area contributed by atoms with Gasteiger partial charge in [-0.1, -0.05) is 30.3 Å². The van der Waals surface area contributed by atoms with Crippen LogP contribution in [0.15, 0.2) is 30.3 Å². The smallest absolute Gasteiger partial charge is 0.407 e. The van der Waals surface area contributed by atoms with E-state index < -0.39 is 6.09 Å². The molecule has 0 radical (unpaired) electrons. The van der Waals surface area contributed by atoms with Crippen molar-refractivity contribution in [1.82, 2.24) is 15.5 Å². The molecule has 1 aliphatic carbocycles. The molecule has 1 saturated carbocycles. The van der Waals surface area contributed by atoms with Crippen molar-refractivity contribution in [1.29, 1.82) is 0 Å². The molecule has 1 unspecified atom stereocenters. The van der Waals surface area contributed by atoms with E-state index in [1.54, 1.807) is 4.90 Å². The van der Waals surface area contributed by atoms with E-state index in [1.807, 2.05) is 37.3 Å². The lowest BCUT2D eigenvalue weighted by molar-refractivity contribution is -0.150. The maximum Gasteiger partial charge on any atom is 0.407 e. The summed E-state index contributed by atoms with van der Waals surface area (Å²) in [5, 5.41) is 5.88. The predicted molar refractivity (Wildman–Crippen MR) is 106 cm³/mol. The Labute approximate surface area is 170 Å². The zero-order valence-corrected chi connectivity index (χ0v) is 16.8. The fourth-order valence-corrected chi connectivity index (χ4v) is 3.11. The largest absolute Gasteiger partial charge is 0.464 e. The van der Waals surface area contributed by atoms with E-state index in [0.717, 1.165) is 18.4 Å². The minimum Gasteiger partial charge on any atom is -0.464 e. The van der Waals surface area contributed by atoms with Gasteiger partial charge in [-0.2, -0.15) is 0 Å². The second-order valence-corrected chi connectivity index (χ2v) is 7.89. The minimum absolute atomic E-state index is 0.0414. The number of piperazine rings is 1. The van der Waals surface area contributed by atoms with E-state index in [2.05, 4.69) is 10.6 Å². The second-order valence-electron chi connectivity index (χ2n) is 7.89. The van der Waals surface area contributed by atoms with Crippen molar-refractivity contribution in [2.75, 3.05) is 32.8 Å². The van der Waals surface area contributed by atoms with Crippen LogP contribution in [-0.2, 0) is 25.7 Å². The lowest BCUT2D eigenvalue weighted by atomic mass is 10.1. The molecule has 3 rings (SSSR count). The first-order valence-corrected chi connectivity index (χ1v) is 10.1. The van der Waals surface area contributed by atoms with Crippen LogP contribution in [0.5, 0.6) is 0 Å². The third-order valence-electron chi connectivity index (χ3n) is 5.34. The van der Waals surface area contributed by atoms with Gasteiger partial charge in [-0.05, 0) is 25.3 Å². The number of ether oxygens (including phenoxy) is 2. The van der Waals surface area contributed by atoms with Crippen LogP contribution in [0.1, 0.15) is 31.7 Å². The average molecular weight is 403 g/mol. The Morgan fingerprint density at radius 3 is 2.69 bits per heavy atom. The first-order chi connectivity index (χ1) is 14.0. The lowest BCUT2D eigenvalue weighted by Crippen LogP contribution is -2.54. The molecule has 1 heterocycles. The Morgan fingerprint density at radius 1 is 1.21 bits per heavy atom. The van der Waals surface area contributed by atoms with Crippen molar-refractivity contribution in [2.24, 2.45) is 5.41 Å². The highest BCUT2D eigenvalue weighted by Crippen LogP contribution is 2.45. The fourth-order valence-electron chi connectivity index (χ4n) is 3.11. The molecule has 1 atom stereocenters. The van der Waals surface area contributed by atoms with E-state index in [1.165, 1.54) is 0 Å². The van der Waals surface area contributed by atoms with Crippen LogP contribution < -0.4 is 10.6 Å². The highest BCUT2D eigenvalue weighted by molar-refractivity contribution is 5.79. The van der Waals surface area contributed by atoms with Crippen LogP contribution in [0.4, 0.5) is 4.79 Å². The molecule has 1 aromatic carbocycles. The van der Waals surface area contributed by atoms with E-state index in [9.17, 15) is 14.4 Å². The molecule has 0 bridgehead atoms. The molecule has 0 spiro atoms. The fraction of sp³-hybridized carbons (Fsp3) is 0.571. The molecule has 2 N–H and O–H groups in total. The Kier molecular flexibility index (Phi) is 7.09. The van der Waals surface area contributed by atoms with Gasteiger partial charge in [0.2, 0.25) is 5.91 Å². The van der Waals surface area contributed by atoms with Crippen LogP contribution in [0, 0.1) is 5.41 Å². The summed E-state index contributed by atoms with van der Waals surface area (Å²) >= 11 is 0. The minimum atomic E-state index is -0.541. The van der Waals surface area contributed by atoms with Gasteiger partial charge in [0.25, 0.3) is 0 Å². The molecule has 2 fully saturated rings. The monoisotopic (exact) mass is 403 g/mol. The Balaban J connectivity index is 1.31. The van der Waals surface area contributed by atoms with Crippen LogP contribution in [0.3, 0.4) is 0 Å². The molecule has 8 nitrogen and oxygen atoms in total. The number of nitrogens with one attached hydrogen (secondary N) is 2. The van der Waals surface area contributed by atoms with Crippen molar-refractivity contribution < 1.29 is 23.9 Å². The van der Waals surface area contributed by atoms with Gasteiger partial charge in [0.05, 0.1) is 11.5 Å². The first-order valence-electron chi connectivity index (χ1n) is 10.1. The van der Waals surface area contributed by atoms with Crippen molar-refractivity contribution in [3.63, 3.8) is 0 Å². The number of amides is 2. The highest BCUT2D eigenvalue weighted by Gasteiger charge is 2.46. The topological polar surface area (TPSA) is 97.0 Å². The van der Waals surface area contributed by atoms with Crippen molar-refractivity contribution >= 4 is 18.0 Å². The van der Waals surface area contributed by atoms with Crippen LogP contribution in [-0.4, -0.2) is 61.7 Å². The molecule has 29 heavy (non-hydrogen) atoms. The molecule has 2 amide bonds. The van der Waals surface area contributed by atoms with Gasteiger partial charge >= 0.3 is 12.1 Å². The van der Waals surface area contributed by atoms with E-state index in [0.29, 0.717) is 19.6 Å². The maximum atomic E-state index is 12.4. The average Bonchev–Trinajstić information content (AvgIpc) is 3.50. The van der Waals surface area contributed by atoms with Gasteiger partial charge in [0, 0.05) is 32.6 Å². The molecule has 1 aliphatic heterocycles. The number of alkyl carbamates (subject to hydrolysis) is 1. The Hall–Kier alpha value is -2.61. The second kappa shape index (κ2) is 9.73. The summed E-state index contributed by atoms with van der Waals surface area (Å²) in [7, 11) is 0. The number of benzene rings is 1. The quantitative estimate of drug-likeness (QED) is 0.638. The third-order valence-corrected chi connectivity index (χ3v) is 5.34. The van der Waals surface area contributed by atoms with Crippen LogP contribution in [0.25, 0.3) is 0 Å². The number of hydrogen-bond donors (Lipinski definition) is 2. The normalized spacial score (nSPS) is 19.9. The molecule has 1 saturated heterocycles. The summed E-state index contributed by atoms with van der Waals surface area (Å²) in [5.41, 5.74) is 0.604. The molecule has 8 heteroatoms. The van der Waals surface area contributed by atoms with Gasteiger partial charge in [-0.3, -0.25) is 9.59 Å². The number of esters is 1. The summed E-state index contributed by atoms with van der Waals surface area (Å²) in [6, 6.07) is 9.34. The lowest BCUT2D eigenvalue weighted by Gasteiger charge is -2.33.